The van der Waals surface area contributed by atoms with Crippen LogP contribution in [0.5, 0.6) is 0 Å². The van der Waals surface area contributed by atoms with Crippen LogP contribution in [0.1, 0.15) is 18.3 Å². The van der Waals surface area contributed by atoms with Crippen LogP contribution in [0, 0.1) is 6.92 Å². The fourth-order valence-corrected chi connectivity index (χ4v) is 2.21. The van der Waals surface area contributed by atoms with Gasteiger partial charge in [0, 0.05) is 17.6 Å². The van der Waals surface area contributed by atoms with Gasteiger partial charge < -0.3 is 5.32 Å². The lowest BCUT2D eigenvalue weighted by atomic mass is 10.3. The maximum absolute atomic E-state index is 4.55. The minimum absolute atomic E-state index is 0.832. The number of aryl methyl sites for hydroxylation is 1. The van der Waals surface area contributed by atoms with Gasteiger partial charge in [0.1, 0.15) is 5.01 Å². The Hall–Kier alpha value is -1.26. The molecule has 0 aliphatic rings. The zero-order valence-electron chi connectivity index (χ0n) is 9.53. The molecule has 0 saturated heterocycles. The second-order valence-electron chi connectivity index (χ2n) is 3.59. The van der Waals surface area contributed by atoms with Gasteiger partial charge in [-0.3, -0.25) is 4.98 Å². The Morgan fingerprint density at radius 2 is 2.19 bits per heavy atom. The molecule has 0 unspecified atom stereocenters. The van der Waals surface area contributed by atoms with E-state index in [1.165, 1.54) is 0 Å². The summed E-state index contributed by atoms with van der Waals surface area (Å²) in [7, 11) is 0. The van der Waals surface area contributed by atoms with Crippen molar-refractivity contribution in [2.45, 2.75) is 20.4 Å². The summed E-state index contributed by atoms with van der Waals surface area (Å²) in [5, 5.41) is 6.35. The van der Waals surface area contributed by atoms with Crippen molar-refractivity contribution in [2.24, 2.45) is 0 Å². The van der Waals surface area contributed by atoms with Crippen LogP contribution in [0.4, 0.5) is 0 Å². The molecule has 0 fully saturated rings. The molecule has 0 aliphatic carbocycles. The molecule has 16 heavy (non-hydrogen) atoms. The first-order valence-corrected chi connectivity index (χ1v) is 6.26. The molecule has 0 aliphatic heterocycles. The Morgan fingerprint density at radius 1 is 1.31 bits per heavy atom. The van der Waals surface area contributed by atoms with Crippen molar-refractivity contribution < 1.29 is 0 Å². The molecule has 84 valence electrons. The van der Waals surface area contributed by atoms with Gasteiger partial charge in [0.05, 0.1) is 11.4 Å². The Balaban J connectivity index is 2.18. The average Bonchev–Trinajstić information content (AvgIpc) is 2.75. The molecule has 0 saturated carbocycles. The van der Waals surface area contributed by atoms with Crippen molar-refractivity contribution >= 4 is 11.3 Å². The first-order valence-electron chi connectivity index (χ1n) is 5.38. The van der Waals surface area contributed by atoms with Crippen LogP contribution in [0.25, 0.3) is 10.7 Å². The maximum Gasteiger partial charge on any atom is 0.142 e. The van der Waals surface area contributed by atoms with Crippen LogP contribution in [0.3, 0.4) is 0 Å². The molecule has 0 amide bonds. The van der Waals surface area contributed by atoms with Crippen molar-refractivity contribution in [3.63, 3.8) is 0 Å². The Kier molecular flexibility index (Phi) is 3.64. The normalized spacial score (nSPS) is 10.6. The molecule has 0 aromatic carbocycles. The largest absolute Gasteiger partial charge is 0.311 e. The number of nitrogens with one attached hydrogen (secondary N) is 1. The quantitative estimate of drug-likeness (QED) is 0.882. The summed E-state index contributed by atoms with van der Waals surface area (Å²) in [5.41, 5.74) is 3.08. The highest BCUT2D eigenvalue weighted by Crippen LogP contribution is 2.21. The van der Waals surface area contributed by atoms with Gasteiger partial charge in [0.2, 0.25) is 0 Å². The lowest BCUT2D eigenvalue weighted by molar-refractivity contribution is 0.714. The van der Waals surface area contributed by atoms with Crippen LogP contribution >= 0.6 is 11.3 Å². The van der Waals surface area contributed by atoms with Crippen LogP contribution in [-0.2, 0) is 6.54 Å². The van der Waals surface area contributed by atoms with E-state index in [4.69, 9.17) is 0 Å². The monoisotopic (exact) mass is 233 g/mol. The van der Waals surface area contributed by atoms with Gasteiger partial charge in [0.25, 0.3) is 0 Å². The van der Waals surface area contributed by atoms with E-state index < -0.39 is 0 Å². The topological polar surface area (TPSA) is 37.8 Å². The van der Waals surface area contributed by atoms with E-state index in [9.17, 15) is 0 Å². The van der Waals surface area contributed by atoms with Gasteiger partial charge in [-0.1, -0.05) is 13.0 Å². The van der Waals surface area contributed by atoms with Crippen molar-refractivity contribution in [1.82, 2.24) is 15.3 Å². The molecule has 2 rings (SSSR count). The van der Waals surface area contributed by atoms with E-state index in [1.54, 1.807) is 11.3 Å². The maximum atomic E-state index is 4.55. The van der Waals surface area contributed by atoms with Gasteiger partial charge >= 0.3 is 0 Å². The first-order chi connectivity index (χ1) is 7.79. The van der Waals surface area contributed by atoms with Crippen molar-refractivity contribution in [2.75, 3.05) is 6.54 Å². The standard InChI is InChI=1S/C12H15N3S/c1-3-13-7-10-8-16-12(15-10)11-6-4-5-9(2)14-11/h4-6,8,13H,3,7H2,1-2H3. The van der Waals surface area contributed by atoms with E-state index in [1.807, 2.05) is 25.1 Å². The molecular weight excluding hydrogens is 218 g/mol. The summed E-state index contributed by atoms with van der Waals surface area (Å²) in [6, 6.07) is 6.02. The van der Waals surface area contributed by atoms with Crippen LogP contribution < -0.4 is 5.32 Å². The summed E-state index contributed by atoms with van der Waals surface area (Å²) in [4.78, 5) is 9.02. The first kappa shape index (κ1) is 11.2. The van der Waals surface area contributed by atoms with Gasteiger partial charge in [-0.2, -0.15) is 0 Å². The number of thiazole rings is 1. The zero-order valence-corrected chi connectivity index (χ0v) is 10.3. The fraction of sp³-hybridized carbons (Fsp3) is 0.333. The highest BCUT2D eigenvalue weighted by molar-refractivity contribution is 7.13. The van der Waals surface area contributed by atoms with E-state index in [2.05, 4.69) is 27.6 Å². The predicted molar refractivity (Wildman–Crippen MR) is 67.5 cm³/mol. The molecule has 0 radical (unpaired) electrons. The SMILES string of the molecule is CCNCc1csc(-c2cccc(C)n2)n1. The minimum Gasteiger partial charge on any atom is -0.311 e. The summed E-state index contributed by atoms with van der Waals surface area (Å²) in [6.07, 6.45) is 0. The van der Waals surface area contributed by atoms with Gasteiger partial charge in [0.15, 0.2) is 0 Å². The van der Waals surface area contributed by atoms with E-state index in [-0.39, 0.29) is 0 Å². The number of nitrogens with zero attached hydrogens (tertiary/aromatic N) is 2. The van der Waals surface area contributed by atoms with E-state index in [0.717, 1.165) is 35.2 Å². The third kappa shape index (κ3) is 2.65. The van der Waals surface area contributed by atoms with Gasteiger partial charge in [-0.25, -0.2) is 4.98 Å². The third-order valence-corrected chi connectivity index (χ3v) is 3.13. The molecule has 2 aromatic heterocycles. The van der Waals surface area contributed by atoms with Gasteiger partial charge in [-0.15, -0.1) is 11.3 Å². The lowest BCUT2D eigenvalue weighted by Gasteiger charge is -1.97. The molecule has 3 nitrogen and oxygen atoms in total. The second kappa shape index (κ2) is 5.18. The average molecular weight is 233 g/mol. The summed E-state index contributed by atoms with van der Waals surface area (Å²) < 4.78 is 0. The van der Waals surface area contributed by atoms with Crippen molar-refractivity contribution in [3.05, 3.63) is 35.0 Å². The summed E-state index contributed by atoms with van der Waals surface area (Å²) >= 11 is 1.65. The summed E-state index contributed by atoms with van der Waals surface area (Å²) in [6.45, 7) is 5.89. The third-order valence-electron chi connectivity index (χ3n) is 2.22. The fourth-order valence-electron chi connectivity index (χ4n) is 1.42. The smallest absolute Gasteiger partial charge is 0.142 e. The second-order valence-corrected chi connectivity index (χ2v) is 4.45. The Labute approximate surface area is 99.6 Å². The highest BCUT2D eigenvalue weighted by Gasteiger charge is 2.05. The van der Waals surface area contributed by atoms with Crippen molar-refractivity contribution in [1.29, 1.82) is 0 Å². The lowest BCUT2D eigenvalue weighted by Crippen LogP contribution is -2.11. The van der Waals surface area contributed by atoms with Crippen LogP contribution in [0.2, 0.25) is 0 Å². The summed E-state index contributed by atoms with van der Waals surface area (Å²) in [5.74, 6) is 0. The van der Waals surface area contributed by atoms with E-state index in [0.29, 0.717) is 0 Å². The number of aromatic nitrogens is 2. The van der Waals surface area contributed by atoms with E-state index >= 15 is 0 Å². The van der Waals surface area contributed by atoms with Crippen LogP contribution in [-0.4, -0.2) is 16.5 Å². The molecule has 0 atom stereocenters. The Bertz CT molecular complexity index is 465. The van der Waals surface area contributed by atoms with Crippen LogP contribution in [0.15, 0.2) is 23.6 Å². The molecule has 2 aromatic rings. The number of pyridine rings is 1. The minimum atomic E-state index is 0.832. The molecule has 2 heterocycles. The predicted octanol–water partition coefficient (Wildman–Crippen LogP) is 2.62. The molecule has 1 N–H and O–H groups in total. The number of hydrogen-bond donors (Lipinski definition) is 1. The Morgan fingerprint density at radius 3 is 2.94 bits per heavy atom. The highest BCUT2D eigenvalue weighted by atomic mass is 32.1. The van der Waals surface area contributed by atoms with Gasteiger partial charge in [-0.05, 0) is 25.6 Å². The number of hydrogen-bond acceptors (Lipinski definition) is 4. The molecule has 4 heteroatoms. The van der Waals surface area contributed by atoms with Crippen molar-refractivity contribution in [3.8, 4) is 10.7 Å². The zero-order chi connectivity index (χ0) is 11.4. The molecule has 0 spiro atoms. The molecular formula is C12H15N3S. The molecule has 0 bridgehead atoms. The number of rotatable bonds is 4.